The molecule has 1 aliphatic heterocycles. The van der Waals surface area contributed by atoms with Gasteiger partial charge in [0.2, 0.25) is 5.91 Å². The van der Waals surface area contributed by atoms with E-state index >= 15 is 0 Å². The molecule has 1 heterocycles. The number of hydrogen-bond acceptors (Lipinski definition) is 3. The van der Waals surface area contributed by atoms with Crippen molar-refractivity contribution in [1.29, 1.82) is 0 Å². The molecule has 1 N–H and O–H groups in total. The fraction of sp³-hybridized carbons (Fsp3) is 0.731. The molecule has 4 saturated carbocycles. The third-order valence-corrected chi connectivity index (χ3v) is 9.14. The van der Waals surface area contributed by atoms with Crippen molar-refractivity contribution in [3.63, 3.8) is 0 Å². The SMILES string of the molecule is CC1(C)[C@@H]2C[C@H]3OB([C@H](Cc4ccccc4)NC(=O)CC4CCCCC4)O[C@@]3(C)[C@H]1C2. The maximum Gasteiger partial charge on any atom is 0.482 e. The molecule has 31 heavy (non-hydrogen) atoms. The molecule has 2 bridgehead atoms. The van der Waals surface area contributed by atoms with E-state index in [0.717, 1.165) is 18.8 Å². The van der Waals surface area contributed by atoms with Crippen LogP contribution in [0.5, 0.6) is 0 Å². The predicted molar refractivity (Wildman–Crippen MR) is 123 cm³/mol. The van der Waals surface area contributed by atoms with Gasteiger partial charge in [-0.2, -0.15) is 0 Å². The Morgan fingerprint density at radius 1 is 1.13 bits per heavy atom. The van der Waals surface area contributed by atoms with Gasteiger partial charge in [0.25, 0.3) is 0 Å². The van der Waals surface area contributed by atoms with Crippen molar-refractivity contribution in [2.24, 2.45) is 23.2 Å². The fourth-order valence-corrected chi connectivity index (χ4v) is 7.07. The maximum absolute atomic E-state index is 13.0. The first kappa shape index (κ1) is 21.5. The Balaban J connectivity index is 1.30. The summed E-state index contributed by atoms with van der Waals surface area (Å²) in [6.07, 6.45) is 10.0. The fourth-order valence-electron chi connectivity index (χ4n) is 7.07. The lowest BCUT2D eigenvalue weighted by Crippen LogP contribution is -2.65. The van der Waals surface area contributed by atoms with Gasteiger partial charge in [0, 0.05) is 6.42 Å². The molecule has 6 rings (SSSR count). The summed E-state index contributed by atoms with van der Waals surface area (Å²) in [6.45, 7) is 7.03. The van der Waals surface area contributed by atoms with Gasteiger partial charge in [-0.05, 0) is 67.8 Å². The molecule has 4 aliphatic carbocycles. The molecule has 1 saturated heterocycles. The van der Waals surface area contributed by atoms with Gasteiger partial charge in [-0.15, -0.1) is 0 Å². The molecule has 168 valence electrons. The highest BCUT2D eigenvalue weighted by atomic mass is 16.7. The first-order valence-electron chi connectivity index (χ1n) is 12.5. The van der Waals surface area contributed by atoms with Crippen molar-refractivity contribution < 1.29 is 14.1 Å². The number of amides is 1. The molecule has 5 atom stereocenters. The van der Waals surface area contributed by atoms with Crippen LogP contribution in [0.4, 0.5) is 0 Å². The van der Waals surface area contributed by atoms with Crippen LogP contribution in [0.3, 0.4) is 0 Å². The Hall–Kier alpha value is -1.33. The zero-order chi connectivity index (χ0) is 21.6. The highest BCUT2D eigenvalue weighted by Gasteiger charge is 2.68. The van der Waals surface area contributed by atoms with Crippen molar-refractivity contribution in [3.8, 4) is 0 Å². The molecular formula is C26H38BNO3. The van der Waals surface area contributed by atoms with E-state index in [1.165, 1.54) is 44.1 Å². The van der Waals surface area contributed by atoms with Crippen molar-refractivity contribution >= 4 is 13.0 Å². The molecule has 4 nitrogen and oxygen atoms in total. The predicted octanol–water partition coefficient (Wildman–Crippen LogP) is 4.95. The third kappa shape index (κ3) is 3.97. The molecule has 0 aromatic heterocycles. The van der Waals surface area contributed by atoms with E-state index in [1.807, 2.05) is 6.07 Å². The number of carbonyl (C=O) groups excluding carboxylic acids is 1. The first-order chi connectivity index (χ1) is 14.9. The first-order valence-corrected chi connectivity index (χ1v) is 12.5. The number of benzene rings is 1. The van der Waals surface area contributed by atoms with Crippen LogP contribution in [0.25, 0.3) is 0 Å². The molecule has 5 heteroatoms. The monoisotopic (exact) mass is 423 g/mol. The Morgan fingerprint density at radius 2 is 1.87 bits per heavy atom. The number of nitrogens with one attached hydrogen (secondary N) is 1. The molecule has 1 aromatic carbocycles. The van der Waals surface area contributed by atoms with Gasteiger partial charge in [-0.1, -0.05) is 63.4 Å². The number of rotatable bonds is 6. The summed E-state index contributed by atoms with van der Waals surface area (Å²) >= 11 is 0. The smallest absolute Gasteiger partial charge is 0.404 e. The van der Waals surface area contributed by atoms with Crippen LogP contribution in [0.2, 0.25) is 0 Å². The summed E-state index contributed by atoms with van der Waals surface area (Å²) in [7, 11) is -0.374. The number of hydrogen-bond donors (Lipinski definition) is 1. The van der Waals surface area contributed by atoms with E-state index in [9.17, 15) is 4.79 Å². The second-order valence-electron chi connectivity index (χ2n) is 11.4. The standard InChI is InChI=1S/C26H38BNO3/c1-25(2)20-16-21(25)26(3)22(17-20)30-27(31-26)23(14-18-10-6-4-7-11-18)28-24(29)15-19-12-8-5-9-13-19/h4,6-7,10-11,19-23H,5,8-9,12-17H2,1-3H3,(H,28,29)/t20-,21-,22+,23-,26-/m0/s1. The molecule has 1 aromatic rings. The van der Waals surface area contributed by atoms with Gasteiger partial charge in [-0.25, -0.2) is 0 Å². The summed E-state index contributed by atoms with van der Waals surface area (Å²) < 4.78 is 13.3. The molecule has 5 fully saturated rings. The highest BCUT2D eigenvalue weighted by Crippen LogP contribution is 2.65. The van der Waals surface area contributed by atoms with Gasteiger partial charge < -0.3 is 14.6 Å². The minimum absolute atomic E-state index is 0.141. The van der Waals surface area contributed by atoms with Crippen LogP contribution in [0, 0.1) is 23.2 Å². The van der Waals surface area contributed by atoms with E-state index in [0.29, 0.717) is 23.7 Å². The molecule has 0 unspecified atom stereocenters. The minimum Gasteiger partial charge on any atom is -0.404 e. The van der Waals surface area contributed by atoms with E-state index < -0.39 is 0 Å². The topological polar surface area (TPSA) is 47.6 Å². The van der Waals surface area contributed by atoms with Gasteiger partial charge in [0.15, 0.2) is 0 Å². The molecule has 0 spiro atoms. The highest BCUT2D eigenvalue weighted by molar-refractivity contribution is 6.48. The summed E-state index contributed by atoms with van der Waals surface area (Å²) in [5, 5.41) is 3.34. The van der Waals surface area contributed by atoms with Crippen LogP contribution >= 0.6 is 0 Å². The van der Waals surface area contributed by atoms with E-state index in [-0.39, 0.29) is 30.7 Å². The van der Waals surface area contributed by atoms with Crippen LogP contribution < -0.4 is 5.32 Å². The summed E-state index contributed by atoms with van der Waals surface area (Å²) in [5.41, 5.74) is 1.29. The van der Waals surface area contributed by atoms with Crippen LogP contribution in [-0.2, 0) is 20.5 Å². The van der Waals surface area contributed by atoms with E-state index in [2.05, 4.69) is 50.4 Å². The van der Waals surface area contributed by atoms with Crippen molar-refractivity contribution in [3.05, 3.63) is 35.9 Å². The minimum atomic E-state index is -0.374. The summed E-state index contributed by atoms with van der Waals surface area (Å²) in [5.74, 6) is 1.80. The Bertz CT molecular complexity index is 793. The molecule has 5 aliphatic rings. The van der Waals surface area contributed by atoms with Gasteiger partial charge in [0.1, 0.15) is 0 Å². The third-order valence-electron chi connectivity index (χ3n) is 9.14. The molecular weight excluding hydrogens is 385 g/mol. The average molecular weight is 423 g/mol. The average Bonchev–Trinajstić information content (AvgIpc) is 3.12. The Morgan fingerprint density at radius 3 is 2.58 bits per heavy atom. The summed E-state index contributed by atoms with van der Waals surface area (Å²) in [4.78, 5) is 13.0. The quantitative estimate of drug-likeness (QED) is 0.659. The van der Waals surface area contributed by atoms with E-state index in [1.54, 1.807) is 0 Å². The van der Waals surface area contributed by atoms with Crippen LogP contribution in [0.1, 0.15) is 77.7 Å². The largest absolute Gasteiger partial charge is 0.482 e. The maximum atomic E-state index is 13.0. The lowest BCUT2D eigenvalue weighted by atomic mass is 9.43. The van der Waals surface area contributed by atoms with Gasteiger partial charge in [0.05, 0.1) is 17.6 Å². The zero-order valence-corrected chi connectivity index (χ0v) is 19.4. The molecule has 0 radical (unpaired) electrons. The lowest BCUT2D eigenvalue weighted by Gasteiger charge is -2.64. The van der Waals surface area contributed by atoms with Crippen molar-refractivity contribution in [2.75, 3.05) is 0 Å². The summed E-state index contributed by atoms with van der Waals surface area (Å²) in [6, 6.07) is 10.4. The van der Waals surface area contributed by atoms with Crippen molar-refractivity contribution in [1.82, 2.24) is 5.32 Å². The second-order valence-corrected chi connectivity index (χ2v) is 11.4. The number of carbonyl (C=O) groups is 1. The normalized spacial score (nSPS) is 35.2. The molecule has 1 amide bonds. The Labute approximate surface area is 188 Å². The second kappa shape index (κ2) is 8.22. The van der Waals surface area contributed by atoms with Crippen molar-refractivity contribution in [2.45, 2.75) is 96.2 Å². The van der Waals surface area contributed by atoms with Crippen LogP contribution in [0.15, 0.2) is 30.3 Å². The Kier molecular flexibility index (Phi) is 5.71. The zero-order valence-electron chi connectivity index (χ0n) is 19.4. The van der Waals surface area contributed by atoms with Gasteiger partial charge >= 0.3 is 7.12 Å². The van der Waals surface area contributed by atoms with Gasteiger partial charge in [-0.3, -0.25) is 4.79 Å². The van der Waals surface area contributed by atoms with E-state index in [4.69, 9.17) is 9.31 Å². The lowest BCUT2D eigenvalue weighted by molar-refractivity contribution is -0.199. The van der Waals surface area contributed by atoms with Crippen LogP contribution in [-0.4, -0.2) is 30.7 Å².